The van der Waals surface area contributed by atoms with Crippen molar-refractivity contribution in [1.29, 1.82) is 0 Å². The number of halogens is 1. The molecule has 1 fully saturated rings. The standard InChI is InChI=1S/C21H26FN3O4/c1-4-29-17-8-15(17)21(20(23)28)9-14(18(26)24-3)19(27)25(11-21)10-13-5-6-16(22)12(2)7-13/h5-7,9,15,17H,4,8,10-11H2,1-3H3,(H2,23,28)(H,24,26)/t15-,17+,21?/m0/s1. The number of benzene rings is 1. The van der Waals surface area contributed by atoms with Gasteiger partial charge in [0.2, 0.25) is 5.91 Å². The lowest BCUT2D eigenvalue weighted by Gasteiger charge is -2.39. The molecule has 1 aromatic rings. The van der Waals surface area contributed by atoms with Crippen LogP contribution in [0.2, 0.25) is 0 Å². The molecule has 29 heavy (non-hydrogen) atoms. The second kappa shape index (κ2) is 7.94. The van der Waals surface area contributed by atoms with Crippen molar-refractivity contribution in [3.63, 3.8) is 0 Å². The summed E-state index contributed by atoms with van der Waals surface area (Å²) in [5.74, 6) is -2.20. The predicted octanol–water partition coefficient (Wildman–Crippen LogP) is 1.05. The molecular weight excluding hydrogens is 377 g/mol. The Morgan fingerprint density at radius 2 is 2.14 bits per heavy atom. The summed E-state index contributed by atoms with van der Waals surface area (Å²) in [5, 5.41) is 2.45. The van der Waals surface area contributed by atoms with Crippen LogP contribution < -0.4 is 11.1 Å². The second-order valence-electron chi connectivity index (χ2n) is 7.62. The lowest BCUT2D eigenvalue weighted by molar-refractivity contribution is -0.137. The van der Waals surface area contributed by atoms with Crippen LogP contribution in [0.4, 0.5) is 4.39 Å². The van der Waals surface area contributed by atoms with Crippen LogP contribution in [0.5, 0.6) is 0 Å². The van der Waals surface area contributed by atoms with E-state index < -0.39 is 23.1 Å². The van der Waals surface area contributed by atoms with Crippen LogP contribution in [0.15, 0.2) is 29.8 Å². The summed E-state index contributed by atoms with van der Waals surface area (Å²) >= 11 is 0. The molecule has 0 saturated heterocycles. The van der Waals surface area contributed by atoms with Crippen molar-refractivity contribution in [2.75, 3.05) is 20.2 Å². The normalized spacial score (nSPS) is 26.1. The molecule has 156 valence electrons. The van der Waals surface area contributed by atoms with E-state index in [0.717, 1.165) is 0 Å². The maximum atomic E-state index is 13.6. The molecule has 7 nitrogen and oxygen atoms in total. The lowest BCUT2D eigenvalue weighted by Crippen LogP contribution is -2.54. The average Bonchev–Trinajstić information content (AvgIpc) is 3.45. The van der Waals surface area contributed by atoms with Crippen LogP contribution in [0.3, 0.4) is 0 Å². The van der Waals surface area contributed by atoms with Crippen LogP contribution in [0.1, 0.15) is 24.5 Å². The van der Waals surface area contributed by atoms with E-state index in [4.69, 9.17) is 10.5 Å². The highest BCUT2D eigenvalue weighted by Crippen LogP contribution is 2.51. The molecule has 1 aromatic carbocycles. The number of carbonyl (C=O) groups excluding carboxylic acids is 3. The number of hydrogen-bond acceptors (Lipinski definition) is 4. The number of nitrogens with zero attached hydrogens (tertiary/aromatic N) is 1. The van der Waals surface area contributed by atoms with E-state index in [-0.39, 0.29) is 36.5 Å². The van der Waals surface area contributed by atoms with Crippen LogP contribution >= 0.6 is 0 Å². The topological polar surface area (TPSA) is 102 Å². The summed E-state index contributed by atoms with van der Waals surface area (Å²) < 4.78 is 19.3. The summed E-state index contributed by atoms with van der Waals surface area (Å²) in [6.07, 6.45) is 1.91. The van der Waals surface area contributed by atoms with Crippen LogP contribution in [-0.2, 0) is 25.7 Å². The van der Waals surface area contributed by atoms with Gasteiger partial charge in [0.15, 0.2) is 0 Å². The quantitative estimate of drug-likeness (QED) is 0.665. The Bertz CT molecular complexity index is 885. The largest absolute Gasteiger partial charge is 0.378 e. The summed E-state index contributed by atoms with van der Waals surface area (Å²) in [6, 6.07) is 4.56. The number of amides is 3. The van der Waals surface area contributed by atoms with Gasteiger partial charge in [-0.25, -0.2) is 4.39 Å². The first-order valence-corrected chi connectivity index (χ1v) is 9.64. The van der Waals surface area contributed by atoms with Crippen molar-refractivity contribution in [3.05, 3.63) is 46.8 Å². The minimum Gasteiger partial charge on any atom is -0.378 e. The molecule has 3 N–H and O–H groups in total. The Kier molecular flexibility index (Phi) is 5.75. The van der Waals surface area contributed by atoms with Crippen molar-refractivity contribution in [1.82, 2.24) is 10.2 Å². The van der Waals surface area contributed by atoms with Gasteiger partial charge in [-0.2, -0.15) is 0 Å². The third-order valence-electron chi connectivity index (χ3n) is 5.67. The highest BCUT2D eigenvalue weighted by atomic mass is 19.1. The van der Waals surface area contributed by atoms with Gasteiger partial charge >= 0.3 is 0 Å². The highest BCUT2D eigenvalue weighted by molar-refractivity contribution is 6.19. The molecule has 3 amide bonds. The molecule has 1 aliphatic carbocycles. The van der Waals surface area contributed by atoms with Crippen molar-refractivity contribution >= 4 is 17.7 Å². The SMILES string of the molecule is CCO[C@@H]1C[C@@H]1C1(C(N)=O)C=C(C(=O)NC)C(=O)N(Cc2ccc(F)c(C)c2)C1. The zero-order chi connectivity index (χ0) is 21.3. The molecule has 1 saturated carbocycles. The van der Waals surface area contributed by atoms with E-state index in [1.807, 2.05) is 6.92 Å². The molecule has 0 spiro atoms. The number of likely N-dealkylation sites (N-methyl/N-ethyl adjacent to an activating group) is 1. The number of nitrogens with one attached hydrogen (secondary N) is 1. The molecule has 0 aromatic heterocycles. The first-order valence-electron chi connectivity index (χ1n) is 9.64. The Hall–Kier alpha value is -2.74. The summed E-state index contributed by atoms with van der Waals surface area (Å²) in [7, 11) is 1.42. The summed E-state index contributed by atoms with van der Waals surface area (Å²) in [5.41, 5.74) is 5.64. The molecule has 1 unspecified atom stereocenters. The Labute approximate surface area is 169 Å². The van der Waals surface area contributed by atoms with Gasteiger partial charge in [0, 0.05) is 32.7 Å². The fourth-order valence-electron chi connectivity index (χ4n) is 4.04. The van der Waals surface area contributed by atoms with Crippen LogP contribution in [0, 0.1) is 24.1 Å². The Morgan fingerprint density at radius 3 is 2.72 bits per heavy atom. The van der Waals surface area contributed by atoms with Crippen molar-refractivity contribution < 1.29 is 23.5 Å². The van der Waals surface area contributed by atoms with Gasteiger partial charge in [-0.05, 0) is 43.5 Å². The maximum Gasteiger partial charge on any atom is 0.259 e. The minimum absolute atomic E-state index is 0.0479. The van der Waals surface area contributed by atoms with E-state index in [9.17, 15) is 18.8 Å². The van der Waals surface area contributed by atoms with Crippen molar-refractivity contribution in [2.45, 2.75) is 32.9 Å². The van der Waals surface area contributed by atoms with Gasteiger partial charge in [0.05, 0.1) is 11.5 Å². The molecule has 8 heteroatoms. The van der Waals surface area contributed by atoms with Gasteiger partial charge in [-0.1, -0.05) is 12.1 Å². The smallest absolute Gasteiger partial charge is 0.259 e. The van der Waals surface area contributed by atoms with Crippen molar-refractivity contribution in [2.24, 2.45) is 17.1 Å². The molecule has 0 bridgehead atoms. The van der Waals surface area contributed by atoms with E-state index >= 15 is 0 Å². The van der Waals surface area contributed by atoms with Gasteiger partial charge in [-0.15, -0.1) is 0 Å². The fourth-order valence-corrected chi connectivity index (χ4v) is 4.04. The molecule has 2 aliphatic rings. The van der Waals surface area contributed by atoms with Gasteiger partial charge in [-0.3, -0.25) is 14.4 Å². The first kappa shape index (κ1) is 21.0. The molecule has 1 aliphatic heterocycles. The number of ether oxygens (including phenoxy) is 1. The molecule has 3 rings (SSSR count). The minimum atomic E-state index is -1.19. The highest BCUT2D eigenvalue weighted by Gasteiger charge is 2.59. The fraction of sp³-hybridized carbons (Fsp3) is 0.476. The number of primary amides is 1. The van der Waals surface area contributed by atoms with E-state index in [1.165, 1.54) is 24.1 Å². The van der Waals surface area contributed by atoms with Gasteiger partial charge < -0.3 is 20.7 Å². The number of carbonyl (C=O) groups is 3. The number of nitrogens with two attached hydrogens (primary N) is 1. The van der Waals surface area contributed by atoms with Crippen LogP contribution in [-0.4, -0.2) is 48.9 Å². The van der Waals surface area contributed by atoms with E-state index in [1.54, 1.807) is 19.1 Å². The van der Waals surface area contributed by atoms with Crippen LogP contribution in [0.25, 0.3) is 0 Å². The first-order chi connectivity index (χ1) is 13.7. The van der Waals surface area contributed by atoms with Gasteiger partial charge in [0.25, 0.3) is 11.8 Å². The maximum absolute atomic E-state index is 13.6. The third-order valence-corrected chi connectivity index (χ3v) is 5.67. The monoisotopic (exact) mass is 403 g/mol. The zero-order valence-electron chi connectivity index (χ0n) is 16.8. The Balaban J connectivity index is 1.99. The van der Waals surface area contributed by atoms with Crippen molar-refractivity contribution in [3.8, 4) is 0 Å². The number of aryl methyl sites for hydroxylation is 1. The zero-order valence-corrected chi connectivity index (χ0v) is 16.8. The van der Waals surface area contributed by atoms with E-state index in [0.29, 0.717) is 24.2 Å². The summed E-state index contributed by atoms with van der Waals surface area (Å²) in [6.45, 7) is 4.18. The predicted molar refractivity (Wildman–Crippen MR) is 104 cm³/mol. The lowest BCUT2D eigenvalue weighted by atomic mass is 9.76. The Morgan fingerprint density at radius 1 is 1.41 bits per heavy atom. The molecule has 3 atom stereocenters. The number of rotatable bonds is 7. The molecule has 1 heterocycles. The number of hydrogen-bond donors (Lipinski definition) is 2. The van der Waals surface area contributed by atoms with Gasteiger partial charge in [0.1, 0.15) is 11.4 Å². The van der Waals surface area contributed by atoms with E-state index in [2.05, 4.69) is 5.32 Å². The average molecular weight is 403 g/mol. The third kappa shape index (κ3) is 3.89. The molecular formula is C21H26FN3O4. The molecule has 0 radical (unpaired) electrons. The summed E-state index contributed by atoms with van der Waals surface area (Å²) in [4.78, 5) is 39.4. The second-order valence-corrected chi connectivity index (χ2v) is 7.62.